The lowest BCUT2D eigenvalue weighted by Gasteiger charge is -2.19. The van der Waals surface area contributed by atoms with Crippen LogP contribution >= 0.6 is 11.6 Å². The molecule has 1 rings (SSSR count). The summed E-state index contributed by atoms with van der Waals surface area (Å²) in [4.78, 5) is 24.3. The van der Waals surface area contributed by atoms with Gasteiger partial charge in [-0.05, 0) is 18.2 Å². The molecule has 0 radical (unpaired) electrons. The minimum Gasteiger partial charge on any atom is -0.478 e. The fraction of sp³-hybridized carbons (Fsp3) is 0.385. The van der Waals surface area contributed by atoms with E-state index in [0.29, 0.717) is 0 Å². The number of carbonyl (C=O) groups is 2. The number of hydrogen-bond donors (Lipinski definition) is 4. The molecule has 0 aliphatic heterocycles. The number of carbonyl (C=O) groups excluding carboxylic acids is 1. The van der Waals surface area contributed by atoms with Crippen LogP contribution in [0.2, 0.25) is 5.02 Å². The van der Waals surface area contributed by atoms with Crippen molar-refractivity contribution in [2.45, 2.75) is 0 Å². The maximum absolute atomic E-state index is 11.9. The topological polar surface area (TPSA) is 110 Å². The van der Waals surface area contributed by atoms with Gasteiger partial charge in [0.05, 0.1) is 36.0 Å². The van der Waals surface area contributed by atoms with E-state index in [0.717, 1.165) is 0 Å². The number of nitrogens with one attached hydrogen (secondary N) is 1. The van der Waals surface area contributed by atoms with Crippen molar-refractivity contribution in [1.82, 2.24) is 4.90 Å². The van der Waals surface area contributed by atoms with Gasteiger partial charge in [0, 0.05) is 13.1 Å². The highest BCUT2D eigenvalue weighted by atomic mass is 35.5. The zero-order valence-electron chi connectivity index (χ0n) is 11.3. The van der Waals surface area contributed by atoms with Crippen LogP contribution in [0.1, 0.15) is 10.4 Å². The van der Waals surface area contributed by atoms with E-state index in [1.807, 2.05) is 0 Å². The van der Waals surface area contributed by atoms with Crippen molar-refractivity contribution < 1.29 is 24.9 Å². The van der Waals surface area contributed by atoms with Crippen molar-refractivity contribution in [1.29, 1.82) is 0 Å². The number of carboxylic acids is 1. The third-order valence-corrected chi connectivity index (χ3v) is 3.02. The summed E-state index contributed by atoms with van der Waals surface area (Å²) in [6.45, 7) is 0.174. The number of aliphatic hydroxyl groups is 2. The summed E-state index contributed by atoms with van der Waals surface area (Å²) >= 11 is 5.90. The van der Waals surface area contributed by atoms with Gasteiger partial charge in [-0.15, -0.1) is 0 Å². The first-order valence-electron chi connectivity index (χ1n) is 6.24. The number of anilines is 1. The third-order valence-electron chi connectivity index (χ3n) is 2.69. The van der Waals surface area contributed by atoms with Crippen LogP contribution < -0.4 is 5.32 Å². The second kappa shape index (κ2) is 8.58. The van der Waals surface area contributed by atoms with Crippen molar-refractivity contribution in [3.63, 3.8) is 0 Å². The van der Waals surface area contributed by atoms with E-state index in [2.05, 4.69) is 5.32 Å². The Morgan fingerprint density at radius 3 is 2.33 bits per heavy atom. The zero-order valence-corrected chi connectivity index (χ0v) is 12.0. The van der Waals surface area contributed by atoms with E-state index < -0.39 is 11.9 Å². The van der Waals surface area contributed by atoms with E-state index in [9.17, 15) is 9.59 Å². The summed E-state index contributed by atoms with van der Waals surface area (Å²) in [6.07, 6.45) is 0. The summed E-state index contributed by atoms with van der Waals surface area (Å²) in [5, 5.41) is 29.4. The molecule has 0 aliphatic rings. The van der Waals surface area contributed by atoms with Gasteiger partial charge < -0.3 is 20.6 Å². The molecule has 0 saturated heterocycles. The number of benzene rings is 1. The first kappa shape index (κ1) is 17.4. The number of rotatable bonds is 8. The molecule has 0 atom stereocenters. The lowest BCUT2D eigenvalue weighted by atomic mass is 10.2. The molecule has 1 aromatic carbocycles. The molecular formula is C13H17ClN2O5. The molecule has 0 heterocycles. The van der Waals surface area contributed by atoms with Crippen LogP contribution in [0.3, 0.4) is 0 Å². The molecule has 0 aromatic heterocycles. The van der Waals surface area contributed by atoms with Crippen molar-refractivity contribution in [2.24, 2.45) is 0 Å². The Labute approximate surface area is 126 Å². The van der Waals surface area contributed by atoms with Gasteiger partial charge in [-0.2, -0.15) is 0 Å². The first-order valence-corrected chi connectivity index (χ1v) is 6.62. The predicted molar refractivity (Wildman–Crippen MR) is 77.7 cm³/mol. The van der Waals surface area contributed by atoms with Gasteiger partial charge in [-0.3, -0.25) is 9.69 Å². The Morgan fingerprint density at radius 2 is 1.81 bits per heavy atom. The molecule has 0 bridgehead atoms. The van der Waals surface area contributed by atoms with Crippen LogP contribution in [0.5, 0.6) is 0 Å². The summed E-state index contributed by atoms with van der Waals surface area (Å²) in [7, 11) is 0. The Hall–Kier alpha value is -1.67. The van der Waals surface area contributed by atoms with Crippen LogP contribution in [0.15, 0.2) is 18.2 Å². The van der Waals surface area contributed by atoms with Gasteiger partial charge >= 0.3 is 5.97 Å². The lowest BCUT2D eigenvalue weighted by molar-refractivity contribution is -0.117. The highest BCUT2D eigenvalue weighted by Gasteiger charge is 2.13. The fourth-order valence-corrected chi connectivity index (χ4v) is 1.86. The molecule has 7 nitrogen and oxygen atoms in total. The summed E-state index contributed by atoms with van der Waals surface area (Å²) in [5.74, 6) is -1.54. The van der Waals surface area contributed by atoms with E-state index in [1.54, 1.807) is 4.90 Å². The van der Waals surface area contributed by atoms with Crippen LogP contribution in [0.25, 0.3) is 0 Å². The normalized spacial score (nSPS) is 10.7. The molecule has 0 aliphatic carbocycles. The second-order valence-corrected chi connectivity index (χ2v) is 4.68. The SMILES string of the molecule is O=C(CN(CCO)CCO)Nc1cc(C(=O)O)ccc1Cl. The molecular weight excluding hydrogens is 300 g/mol. The number of amides is 1. The smallest absolute Gasteiger partial charge is 0.335 e. The fourth-order valence-electron chi connectivity index (χ4n) is 1.70. The van der Waals surface area contributed by atoms with Crippen molar-refractivity contribution in [3.8, 4) is 0 Å². The largest absolute Gasteiger partial charge is 0.478 e. The quantitative estimate of drug-likeness (QED) is 0.548. The number of nitrogens with zero attached hydrogens (tertiary/aromatic N) is 1. The highest BCUT2D eigenvalue weighted by molar-refractivity contribution is 6.33. The molecule has 0 fully saturated rings. The van der Waals surface area contributed by atoms with Crippen LogP contribution in [0, 0.1) is 0 Å². The van der Waals surface area contributed by atoms with Crippen molar-refractivity contribution >= 4 is 29.2 Å². The van der Waals surface area contributed by atoms with Gasteiger partial charge in [-0.1, -0.05) is 11.6 Å². The zero-order chi connectivity index (χ0) is 15.8. The molecule has 0 unspecified atom stereocenters. The highest BCUT2D eigenvalue weighted by Crippen LogP contribution is 2.23. The van der Waals surface area contributed by atoms with E-state index in [4.69, 9.17) is 26.9 Å². The number of carboxylic acid groups (broad SMARTS) is 1. The number of aliphatic hydroxyl groups excluding tert-OH is 2. The van der Waals surface area contributed by atoms with Crippen molar-refractivity contribution in [3.05, 3.63) is 28.8 Å². The Morgan fingerprint density at radius 1 is 1.19 bits per heavy atom. The average molecular weight is 317 g/mol. The molecule has 8 heteroatoms. The Kier molecular flexibility index (Phi) is 7.10. The molecule has 1 amide bonds. The first-order chi connectivity index (χ1) is 9.97. The Bertz CT molecular complexity index is 503. The number of halogens is 1. The van der Waals surface area contributed by atoms with Gasteiger partial charge in [0.2, 0.25) is 5.91 Å². The van der Waals surface area contributed by atoms with E-state index >= 15 is 0 Å². The molecule has 21 heavy (non-hydrogen) atoms. The maximum Gasteiger partial charge on any atom is 0.335 e. The summed E-state index contributed by atoms with van der Waals surface area (Å²) in [6, 6.07) is 4.00. The maximum atomic E-state index is 11.9. The standard InChI is InChI=1S/C13H17ClN2O5/c14-10-2-1-9(13(20)21)7-11(10)15-12(19)8-16(3-5-17)4-6-18/h1-2,7,17-18H,3-6,8H2,(H,15,19)(H,20,21). The summed E-state index contributed by atoms with van der Waals surface area (Å²) < 4.78 is 0. The molecule has 0 saturated carbocycles. The van der Waals surface area contributed by atoms with Gasteiger partial charge in [0.15, 0.2) is 0 Å². The van der Waals surface area contributed by atoms with Crippen LogP contribution in [-0.2, 0) is 4.79 Å². The van der Waals surface area contributed by atoms with Gasteiger partial charge in [-0.25, -0.2) is 4.79 Å². The van der Waals surface area contributed by atoms with Crippen LogP contribution in [0.4, 0.5) is 5.69 Å². The molecule has 0 spiro atoms. The van der Waals surface area contributed by atoms with E-state index in [1.165, 1.54) is 18.2 Å². The monoisotopic (exact) mass is 316 g/mol. The molecule has 1 aromatic rings. The lowest BCUT2D eigenvalue weighted by Crippen LogP contribution is -2.37. The average Bonchev–Trinajstić information content (AvgIpc) is 2.41. The van der Waals surface area contributed by atoms with Crippen LogP contribution in [-0.4, -0.2) is 64.9 Å². The Balaban J connectivity index is 2.73. The predicted octanol–water partition coefficient (Wildman–Crippen LogP) is 0.263. The number of aromatic carboxylic acids is 1. The second-order valence-electron chi connectivity index (χ2n) is 4.27. The van der Waals surface area contributed by atoms with Crippen molar-refractivity contribution in [2.75, 3.05) is 38.2 Å². The molecule has 116 valence electrons. The minimum absolute atomic E-state index is 0.0114. The summed E-state index contributed by atoms with van der Waals surface area (Å²) in [5.41, 5.74) is 0.215. The minimum atomic E-state index is -1.12. The third kappa shape index (κ3) is 5.68. The molecule has 4 N–H and O–H groups in total. The number of hydrogen-bond acceptors (Lipinski definition) is 5. The van der Waals surface area contributed by atoms with Gasteiger partial charge in [0.25, 0.3) is 0 Å². The van der Waals surface area contributed by atoms with E-state index in [-0.39, 0.29) is 49.1 Å². The van der Waals surface area contributed by atoms with Gasteiger partial charge in [0.1, 0.15) is 0 Å².